The highest BCUT2D eigenvalue weighted by atomic mass is 35.5. The summed E-state index contributed by atoms with van der Waals surface area (Å²) in [6.45, 7) is 1.61. The van der Waals surface area contributed by atoms with Gasteiger partial charge in [0.15, 0.2) is 5.16 Å². The minimum Gasteiger partial charge on any atom is -0.324 e. The second-order valence-electron chi connectivity index (χ2n) is 7.24. The summed E-state index contributed by atoms with van der Waals surface area (Å²) in [5.74, 6) is -1.09. The van der Waals surface area contributed by atoms with Crippen molar-refractivity contribution < 1.29 is 14.1 Å². The summed E-state index contributed by atoms with van der Waals surface area (Å²) in [7, 11) is 0. The van der Waals surface area contributed by atoms with Gasteiger partial charge in [0.2, 0.25) is 5.91 Å². The third kappa shape index (κ3) is 4.78. The highest BCUT2D eigenvalue weighted by molar-refractivity contribution is 7.99. The lowest BCUT2D eigenvalue weighted by molar-refractivity contribution is -0.384. The van der Waals surface area contributed by atoms with E-state index in [1.54, 1.807) is 43.3 Å². The van der Waals surface area contributed by atoms with Crippen LogP contribution in [0.5, 0.6) is 0 Å². The number of benzene rings is 3. The minimum atomic E-state index is -0.591. The van der Waals surface area contributed by atoms with E-state index in [1.807, 2.05) is 0 Å². The molecule has 1 aromatic heterocycles. The van der Waals surface area contributed by atoms with Crippen molar-refractivity contribution >= 4 is 51.5 Å². The highest BCUT2D eigenvalue weighted by Crippen LogP contribution is 2.27. The van der Waals surface area contributed by atoms with Crippen molar-refractivity contribution in [1.29, 1.82) is 0 Å². The van der Waals surface area contributed by atoms with E-state index in [0.29, 0.717) is 16.5 Å². The van der Waals surface area contributed by atoms with Crippen molar-refractivity contribution in [2.75, 3.05) is 11.1 Å². The summed E-state index contributed by atoms with van der Waals surface area (Å²) in [5.41, 5.74) is 0.772. The molecule has 4 aromatic rings. The number of hydrogen-bond acceptors (Lipinski definition) is 6. The Labute approximate surface area is 201 Å². The maximum Gasteiger partial charge on any atom is 0.271 e. The number of aryl methyl sites for hydroxylation is 1. The van der Waals surface area contributed by atoms with E-state index in [-0.39, 0.29) is 33.0 Å². The number of fused-ring (bicyclic) bond motifs is 1. The van der Waals surface area contributed by atoms with Crippen LogP contribution < -0.4 is 10.9 Å². The average molecular weight is 499 g/mol. The zero-order valence-electron chi connectivity index (χ0n) is 17.6. The van der Waals surface area contributed by atoms with Gasteiger partial charge in [-0.25, -0.2) is 9.37 Å². The number of amides is 1. The van der Waals surface area contributed by atoms with E-state index >= 15 is 0 Å². The molecule has 0 bridgehead atoms. The van der Waals surface area contributed by atoms with Gasteiger partial charge in [-0.2, -0.15) is 0 Å². The van der Waals surface area contributed by atoms with Crippen LogP contribution in [0.4, 0.5) is 15.8 Å². The fourth-order valence-electron chi connectivity index (χ4n) is 3.19. The van der Waals surface area contributed by atoms with Crippen LogP contribution in [0, 0.1) is 22.9 Å². The Morgan fingerprint density at radius 1 is 1.21 bits per heavy atom. The minimum absolute atomic E-state index is 0.0171. The number of para-hydroxylation sites is 1. The summed E-state index contributed by atoms with van der Waals surface area (Å²) in [4.78, 5) is 40.6. The van der Waals surface area contributed by atoms with E-state index in [2.05, 4.69) is 10.3 Å². The predicted octanol–water partition coefficient (Wildman–Crippen LogP) is 5.13. The van der Waals surface area contributed by atoms with E-state index in [1.165, 1.54) is 22.8 Å². The fourth-order valence-corrected chi connectivity index (χ4v) is 4.23. The van der Waals surface area contributed by atoms with Gasteiger partial charge in [-0.15, -0.1) is 0 Å². The first-order valence-electron chi connectivity index (χ1n) is 9.89. The number of carbonyl (C=O) groups is 1. The molecule has 1 amide bonds. The Morgan fingerprint density at radius 3 is 2.68 bits per heavy atom. The van der Waals surface area contributed by atoms with Gasteiger partial charge in [0.25, 0.3) is 11.2 Å². The Bertz CT molecular complexity index is 1510. The van der Waals surface area contributed by atoms with Gasteiger partial charge in [0, 0.05) is 12.1 Å². The van der Waals surface area contributed by atoms with Crippen LogP contribution in [-0.2, 0) is 4.79 Å². The first-order valence-corrected chi connectivity index (χ1v) is 11.3. The molecule has 1 N–H and O–H groups in total. The largest absolute Gasteiger partial charge is 0.324 e. The van der Waals surface area contributed by atoms with E-state index < -0.39 is 22.2 Å². The van der Waals surface area contributed by atoms with Crippen molar-refractivity contribution in [3.8, 4) is 5.69 Å². The number of rotatable bonds is 6. The van der Waals surface area contributed by atoms with Gasteiger partial charge in [-0.1, -0.05) is 41.6 Å². The number of non-ortho nitro benzene ring substituents is 1. The van der Waals surface area contributed by atoms with Crippen LogP contribution in [0.15, 0.2) is 70.6 Å². The molecule has 0 aliphatic heterocycles. The smallest absolute Gasteiger partial charge is 0.271 e. The zero-order chi connectivity index (χ0) is 24.4. The molecule has 8 nitrogen and oxygen atoms in total. The molecule has 4 rings (SSSR count). The number of hydrogen-bond donors (Lipinski definition) is 1. The van der Waals surface area contributed by atoms with Crippen molar-refractivity contribution in [3.05, 3.63) is 97.5 Å². The summed E-state index contributed by atoms with van der Waals surface area (Å²) in [6.07, 6.45) is 0. The summed E-state index contributed by atoms with van der Waals surface area (Å²) in [5, 5.41) is 14.0. The van der Waals surface area contributed by atoms with E-state index in [9.17, 15) is 24.1 Å². The predicted molar refractivity (Wildman–Crippen MR) is 129 cm³/mol. The summed E-state index contributed by atoms with van der Waals surface area (Å²) >= 11 is 7.02. The second kappa shape index (κ2) is 9.62. The van der Waals surface area contributed by atoms with Gasteiger partial charge in [0.05, 0.1) is 38.0 Å². The zero-order valence-corrected chi connectivity index (χ0v) is 19.2. The third-order valence-corrected chi connectivity index (χ3v) is 6.18. The number of nitro benzene ring substituents is 1. The number of halogens is 2. The molecule has 11 heteroatoms. The monoisotopic (exact) mass is 498 g/mol. The first-order chi connectivity index (χ1) is 16.2. The molecule has 0 saturated carbocycles. The number of nitro groups is 1. The van der Waals surface area contributed by atoms with Crippen molar-refractivity contribution in [3.63, 3.8) is 0 Å². The molecule has 34 heavy (non-hydrogen) atoms. The van der Waals surface area contributed by atoms with Crippen LogP contribution in [0.1, 0.15) is 5.56 Å². The molecule has 0 saturated heterocycles. The lowest BCUT2D eigenvalue weighted by Gasteiger charge is -2.14. The van der Waals surface area contributed by atoms with E-state index in [4.69, 9.17) is 11.6 Å². The summed E-state index contributed by atoms with van der Waals surface area (Å²) < 4.78 is 15.5. The highest BCUT2D eigenvalue weighted by Gasteiger charge is 2.17. The Kier molecular flexibility index (Phi) is 6.62. The summed E-state index contributed by atoms with van der Waals surface area (Å²) in [6, 6.07) is 14.9. The topological polar surface area (TPSA) is 107 Å². The Hall–Kier alpha value is -3.76. The molecule has 0 aliphatic carbocycles. The van der Waals surface area contributed by atoms with Crippen molar-refractivity contribution in [2.24, 2.45) is 0 Å². The molecular formula is C23H16ClFN4O4S. The maximum absolute atomic E-state index is 14.3. The molecule has 1 heterocycles. The lowest BCUT2D eigenvalue weighted by atomic mass is 10.2. The van der Waals surface area contributed by atoms with Crippen LogP contribution in [0.3, 0.4) is 0 Å². The quantitative estimate of drug-likeness (QED) is 0.171. The SMILES string of the molecule is Cc1ccc(-n2c(SCC(=O)Nc3ccc([N+](=O)[O-])cc3Cl)nc3ccccc3c2=O)cc1F. The van der Waals surface area contributed by atoms with Gasteiger partial charge in [-0.05, 0) is 42.8 Å². The molecular weight excluding hydrogens is 483 g/mol. The van der Waals surface area contributed by atoms with E-state index in [0.717, 1.165) is 17.8 Å². The second-order valence-corrected chi connectivity index (χ2v) is 8.59. The van der Waals surface area contributed by atoms with Crippen molar-refractivity contribution in [2.45, 2.75) is 12.1 Å². The molecule has 0 aliphatic rings. The normalized spacial score (nSPS) is 10.9. The standard InChI is InChI=1S/C23H16ClFN4O4S/c1-13-6-7-14(11-18(13)25)28-22(31)16-4-2-3-5-19(16)27-23(28)34-12-21(30)26-20-9-8-15(29(32)33)10-17(20)24/h2-11H,12H2,1H3,(H,26,30). The first kappa shape index (κ1) is 23.4. The third-order valence-electron chi connectivity index (χ3n) is 4.93. The number of aromatic nitrogens is 2. The van der Waals surface area contributed by atoms with Crippen LogP contribution in [0.2, 0.25) is 5.02 Å². The van der Waals surface area contributed by atoms with Gasteiger partial charge >= 0.3 is 0 Å². The number of thioether (sulfide) groups is 1. The van der Waals surface area contributed by atoms with Gasteiger partial charge in [0.1, 0.15) is 5.82 Å². The number of nitrogens with zero attached hydrogens (tertiary/aromatic N) is 3. The molecule has 3 aromatic carbocycles. The molecule has 0 spiro atoms. The Morgan fingerprint density at radius 2 is 1.97 bits per heavy atom. The molecule has 0 radical (unpaired) electrons. The molecule has 172 valence electrons. The number of anilines is 1. The fraction of sp³-hybridized carbons (Fsp3) is 0.0870. The van der Waals surface area contributed by atoms with Crippen LogP contribution in [0.25, 0.3) is 16.6 Å². The van der Waals surface area contributed by atoms with Gasteiger partial charge in [-0.3, -0.25) is 24.3 Å². The van der Waals surface area contributed by atoms with Crippen molar-refractivity contribution in [1.82, 2.24) is 9.55 Å². The maximum atomic E-state index is 14.3. The molecule has 0 atom stereocenters. The van der Waals surface area contributed by atoms with Gasteiger partial charge < -0.3 is 5.32 Å². The Balaban J connectivity index is 1.65. The number of nitrogens with one attached hydrogen (secondary N) is 1. The lowest BCUT2D eigenvalue weighted by Crippen LogP contribution is -2.23. The molecule has 0 fully saturated rings. The van der Waals surface area contributed by atoms with Crippen LogP contribution >= 0.6 is 23.4 Å². The number of carbonyl (C=O) groups excluding carboxylic acids is 1. The molecule has 0 unspecified atom stereocenters. The van der Waals surface area contributed by atoms with Crippen LogP contribution in [-0.4, -0.2) is 26.1 Å². The average Bonchev–Trinajstić information content (AvgIpc) is 2.81.